The normalized spacial score (nSPS) is 19.3. The molecule has 1 aliphatic rings. The molecule has 86 valence electrons. The fourth-order valence-electron chi connectivity index (χ4n) is 1.90. The van der Waals surface area contributed by atoms with Gasteiger partial charge in [0, 0.05) is 26.1 Å². The Bertz CT molecular complexity index is 380. The number of benzene rings is 1. The van der Waals surface area contributed by atoms with Crippen molar-refractivity contribution in [2.24, 2.45) is 0 Å². The summed E-state index contributed by atoms with van der Waals surface area (Å²) in [7, 11) is 0. The highest BCUT2D eigenvalue weighted by Gasteiger charge is 2.34. The number of carboxylic acid groups (broad SMARTS) is 1. The smallest absolute Gasteiger partial charge is 0.335 e. The molecule has 1 aromatic carbocycles. The molecule has 0 bridgehead atoms. The molecule has 1 fully saturated rings. The van der Waals surface area contributed by atoms with Crippen LogP contribution >= 0.6 is 0 Å². The Morgan fingerprint density at radius 3 is 2.31 bits per heavy atom. The van der Waals surface area contributed by atoms with Gasteiger partial charge in [-0.25, -0.2) is 9.18 Å². The first kappa shape index (κ1) is 11.1. The maximum Gasteiger partial charge on any atom is 0.335 e. The van der Waals surface area contributed by atoms with Gasteiger partial charge in [0.1, 0.15) is 5.67 Å². The van der Waals surface area contributed by atoms with Gasteiger partial charge in [0.05, 0.1) is 5.56 Å². The van der Waals surface area contributed by atoms with E-state index >= 15 is 0 Å². The van der Waals surface area contributed by atoms with E-state index in [2.05, 4.69) is 0 Å². The minimum atomic E-state index is -1.37. The van der Waals surface area contributed by atoms with Gasteiger partial charge in [0.15, 0.2) is 0 Å². The van der Waals surface area contributed by atoms with Crippen LogP contribution in [0.1, 0.15) is 28.8 Å². The summed E-state index contributed by atoms with van der Waals surface area (Å²) in [5, 5.41) is 8.74. The summed E-state index contributed by atoms with van der Waals surface area (Å²) >= 11 is 0. The highest BCUT2D eigenvalue weighted by atomic mass is 19.1. The molecule has 2 rings (SSSR count). The minimum Gasteiger partial charge on any atom is -0.478 e. The van der Waals surface area contributed by atoms with Gasteiger partial charge in [-0.2, -0.15) is 0 Å². The molecule has 1 aliphatic heterocycles. The van der Waals surface area contributed by atoms with Gasteiger partial charge in [0.25, 0.3) is 0 Å². The number of alkyl halides is 1. The second-order valence-corrected chi connectivity index (χ2v) is 3.96. The van der Waals surface area contributed by atoms with Crippen molar-refractivity contribution >= 4 is 5.97 Å². The molecule has 0 radical (unpaired) electrons. The molecule has 0 aromatic heterocycles. The first-order valence-corrected chi connectivity index (χ1v) is 5.22. The summed E-state index contributed by atoms with van der Waals surface area (Å²) in [6, 6.07) is 5.98. The average molecular weight is 224 g/mol. The third kappa shape index (κ3) is 2.07. The molecule has 0 spiro atoms. The Labute approximate surface area is 92.9 Å². The standard InChI is InChI=1S/C12H13FO3/c13-12(5-7-16-8-6-12)10-3-1-9(2-4-10)11(14)15/h1-4H,5-8H2,(H,14,15). The topological polar surface area (TPSA) is 46.5 Å². The Kier molecular flexibility index (Phi) is 2.92. The summed E-state index contributed by atoms with van der Waals surface area (Å²) in [5.41, 5.74) is -0.643. The van der Waals surface area contributed by atoms with Gasteiger partial charge in [-0.1, -0.05) is 12.1 Å². The monoisotopic (exact) mass is 224 g/mol. The number of hydrogen-bond acceptors (Lipinski definition) is 2. The quantitative estimate of drug-likeness (QED) is 0.838. The van der Waals surface area contributed by atoms with Gasteiger partial charge in [-0.05, 0) is 17.7 Å². The van der Waals surface area contributed by atoms with Crippen LogP contribution in [0.25, 0.3) is 0 Å². The van der Waals surface area contributed by atoms with E-state index in [-0.39, 0.29) is 5.56 Å². The lowest BCUT2D eigenvalue weighted by Crippen LogP contribution is -2.29. The zero-order valence-corrected chi connectivity index (χ0v) is 8.78. The van der Waals surface area contributed by atoms with E-state index in [4.69, 9.17) is 9.84 Å². The van der Waals surface area contributed by atoms with Crippen LogP contribution < -0.4 is 0 Å². The van der Waals surface area contributed by atoms with E-state index in [1.165, 1.54) is 12.1 Å². The second-order valence-electron chi connectivity index (χ2n) is 3.96. The lowest BCUT2D eigenvalue weighted by Gasteiger charge is -2.29. The lowest BCUT2D eigenvalue weighted by atomic mass is 9.88. The van der Waals surface area contributed by atoms with Gasteiger partial charge in [-0.3, -0.25) is 0 Å². The summed E-state index contributed by atoms with van der Waals surface area (Å²) in [4.78, 5) is 10.7. The molecule has 0 aliphatic carbocycles. The molecular formula is C12H13FO3. The SMILES string of the molecule is O=C(O)c1ccc(C2(F)CCOCC2)cc1. The van der Waals surface area contributed by atoms with Gasteiger partial charge in [-0.15, -0.1) is 0 Å². The van der Waals surface area contributed by atoms with E-state index in [1.807, 2.05) is 0 Å². The molecule has 0 saturated carbocycles. The second kappa shape index (κ2) is 4.22. The van der Waals surface area contributed by atoms with Crippen LogP contribution in [0.3, 0.4) is 0 Å². The molecule has 3 nitrogen and oxygen atoms in total. The fraction of sp³-hybridized carbons (Fsp3) is 0.417. The van der Waals surface area contributed by atoms with Crippen molar-refractivity contribution in [1.82, 2.24) is 0 Å². The number of hydrogen-bond donors (Lipinski definition) is 1. The third-order valence-corrected chi connectivity index (χ3v) is 2.93. The van der Waals surface area contributed by atoms with Crippen LogP contribution in [0.5, 0.6) is 0 Å². The molecule has 0 atom stereocenters. The molecule has 1 saturated heterocycles. The van der Waals surface area contributed by atoms with Gasteiger partial charge >= 0.3 is 5.97 Å². The fourth-order valence-corrected chi connectivity index (χ4v) is 1.90. The van der Waals surface area contributed by atoms with Crippen LogP contribution in [0.4, 0.5) is 4.39 Å². The molecule has 16 heavy (non-hydrogen) atoms. The van der Waals surface area contributed by atoms with E-state index in [0.29, 0.717) is 31.6 Å². The van der Waals surface area contributed by atoms with Gasteiger partial charge < -0.3 is 9.84 Å². The summed E-state index contributed by atoms with van der Waals surface area (Å²) in [5.74, 6) is -0.994. The van der Waals surface area contributed by atoms with Crippen molar-refractivity contribution in [3.8, 4) is 0 Å². The maximum absolute atomic E-state index is 14.4. The van der Waals surface area contributed by atoms with Crippen molar-refractivity contribution in [3.05, 3.63) is 35.4 Å². The van der Waals surface area contributed by atoms with Crippen LogP contribution in [0.15, 0.2) is 24.3 Å². The average Bonchev–Trinajstić information content (AvgIpc) is 2.30. The highest BCUT2D eigenvalue weighted by Crippen LogP contribution is 2.36. The zero-order chi connectivity index (χ0) is 11.6. The highest BCUT2D eigenvalue weighted by molar-refractivity contribution is 5.87. The van der Waals surface area contributed by atoms with Crippen molar-refractivity contribution < 1.29 is 19.0 Å². The Hall–Kier alpha value is -1.42. The number of aromatic carboxylic acids is 1. The first-order chi connectivity index (χ1) is 7.62. The maximum atomic E-state index is 14.4. The third-order valence-electron chi connectivity index (χ3n) is 2.93. The van der Waals surface area contributed by atoms with E-state index in [0.717, 1.165) is 0 Å². The van der Waals surface area contributed by atoms with Crippen LogP contribution in [0, 0.1) is 0 Å². The first-order valence-electron chi connectivity index (χ1n) is 5.22. The molecule has 0 amide bonds. The van der Waals surface area contributed by atoms with Crippen molar-refractivity contribution in [2.45, 2.75) is 18.5 Å². The van der Waals surface area contributed by atoms with Crippen LogP contribution in [0.2, 0.25) is 0 Å². The van der Waals surface area contributed by atoms with Crippen LogP contribution in [-0.2, 0) is 10.4 Å². The van der Waals surface area contributed by atoms with Crippen LogP contribution in [-0.4, -0.2) is 24.3 Å². The molecule has 1 N–H and O–H groups in total. The number of rotatable bonds is 2. The summed E-state index contributed by atoms with van der Waals surface area (Å²) < 4.78 is 19.5. The van der Waals surface area contributed by atoms with E-state index in [9.17, 15) is 9.18 Å². The number of ether oxygens (including phenoxy) is 1. The van der Waals surface area contributed by atoms with Crippen molar-refractivity contribution in [3.63, 3.8) is 0 Å². The molecular weight excluding hydrogens is 211 g/mol. The minimum absolute atomic E-state index is 0.180. The summed E-state index contributed by atoms with van der Waals surface area (Å²) in [6.45, 7) is 0.828. The lowest BCUT2D eigenvalue weighted by molar-refractivity contribution is -0.0115. The van der Waals surface area contributed by atoms with Crippen molar-refractivity contribution in [2.75, 3.05) is 13.2 Å². The molecule has 1 aromatic rings. The largest absolute Gasteiger partial charge is 0.478 e. The summed E-state index contributed by atoms with van der Waals surface area (Å²) in [6.07, 6.45) is 0.666. The van der Waals surface area contributed by atoms with Gasteiger partial charge in [0.2, 0.25) is 0 Å². The Morgan fingerprint density at radius 2 is 1.81 bits per heavy atom. The molecule has 0 unspecified atom stereocenters. The zero-order valence-electron chi connectivity index (χ0n) is 8.78. The molecule has 4 heteroatoms. The van der Waals surface area contributed by atoms with Crippen molar-refractivity contribution in [1.29, 1.82) is 0 Å². The van der Waals surface area contributed by atoms with E-state index < -0.39 is 11.6 Å². The molecule has 1 heterocycles. The number of carboxylic acids is 1. The Morgan fingerprint density at radius 1 is 1.25 bits per heavy atom. The predicted octanol–water partition coefficient (Wildman–Crippen LogP) is 2.36. The number of carbonyl (C=O) groups is 1. The Balaban J connectivity index is 2.23. The number of halogens is 1. The van der Waals surface area contributed by atoms with E-state index in [1.54, 1.807) is 12.1 Å². The predicted molar refractivity (Wildman–Crippen MR) is 56.2 cm³/mol.